The third kappa shape index (κ3) is 4.08. The average molecular weight is 491 g/mol. The Morgan fingerprint density at radius 2 is 1.79 bits per heavy atom. The monoisotopic (exact) mass is 490 g/mol. The fourth-order valence-corrected chi connectivity index (χ4v) is 5.43. The maximum atomic E-state index is 12.5. The maximum absolute atomic E-state index is 12.5. The van der Waals surface area contributed by atoms with Gasteiger partial charge in [0.15, 0.2) is 5.65 Å². The van der Waals surface area contributed by atoms with Crippen LogP contribution >= 0.6 is 23.2 Å². The van der Waals surface area contributed by atoms with Gasteiger partial charge in [0.1, 0.15) is 5.82 Å². The molecule has 2 fully saturated rings. The number of fused-ring (bicyclic) bond motifs is 1. The highest BCUT2D eigenvalue weighted by Crippen LogP contribution is 2.35. The van der Waals surface area contributed by atoms with Gasteiger partial charge in [-0.2, -0.15) is 0 Å². The zero-order valence-corrected chi connectivity index (χ0v) is 20.1. The second-order valence-corrected chi connectivity index (χ2v) is 10.2. The van der Waals surface area contributed by atoms with Gasteiger partial charge in [0.25, 0.3) is 0 Å². The Bertz CT molecular complexity index is 1380. The van der Waals surface area contributed by atoms with Crippen LogP contribution in [0.3, 0.4) is 0 Å². The highest BCUT2D eigenvalue weighted by molar-refractivity contribution is 6.36. The van der Waals surface area contributed by atoms with Crippen LogP contribution in [-0.4, -0.2) is 38.4 Å². The van der Waals surface area contributed by atoms with Crippen LogP contribution in [0.2, 0.25) is 10.0 Å². The van der Waals surface area contributed by atoms with E-state index in [1.54, 1.807) is 12.3 Å². The zero-order chi connectivity index (χ0) is 23.2. The molecular formula is C27H24Cl2N4O. The normalized spacial score (nSPS) is 18.1. The lowest BCUT2D eigenvalue weighted by Crippen LogP contribution is -2.30. The van der Waals surface area contributed by atoms with Crippen molar-refractivity contribution in [1.29, 1.82) is 0 Å². The Morgan fingerprint density at radius 1 is 1.00 bits per heavy atom. The van der Waals surface area contributed by atoms with E-state index >= 15 is 0 Å². The summed E-state index contributed by atoms with van der Waals surface area (Å²) in [7, 11) is 0. The van der Waals surface area contributed by atoms with E-state index in [0.717, 1.165) is 72.6 Å². The van der Waals surface area contributed by atoms with Crippen LogP contribution < -0.4 is 0 Å². The van der Waals surface area contributed by atoms with Gasteiger partial charge in [-0.3, -0.25) is 4.79 Å². The lowest BCUT2D eigenvalue weighted by Gasteiger charge is -2.17. The summed E-state index contributed by atoms with van der Waals surface area (Å²) < 4.78 is 2.27. The number of halogens is 2. The van der Waals surface area contributed by atoms with Crippen LogP contribution in [-0.2, 0) is 11.3 Å². The van der Waals surface area contributed by atoms with Gasteiger partial charge < -0.3 is 9.47 Å². The summed E-state index contributed by atoms with van der Waals surface area (Å²) in [6.07, 6.45) is 4.91. The van der Waals surface area contributed by atoms with Gasteiger partial charge in [0.05, 0.1) is 5.52 Å². The quantitative estimate of drug-likeness (QED) is 0.328. The molecule has 1 unspecified atom stereocenters. The topological polar surface area (TPSA) is 51.0 Å². The van der Waals surface area contributed by atoms with Crippen molar-refractivity contribution in [2.24, 2.45) is 11.8 Å². The third-order valence-electron chi connectivity index (χ3n) is 6.87. The lowest BCUT2D eigenvalue weighted by atomic mass is 10.0. The van der Waals surface area contributed by atoms with Crippen molar-refractivity contribution in [2.45, 2.75) is 25.8 Å². The number of hydrogen-bond donors (Lipinski definition) is 0. The van der Waals surface area contributed by atoms with E-state index in [1.807, 2.05) is 18.2 Å². The molecule has 0 radical (unpaired) electrons. The van der Waals surface area contributed by atoms with E-state index in [1.165, 1.54) is 0 Å². The average Bonchev–Trinajstić information content (AvgIpc) is 3.49. The molecular weight excluding hydrogens is 467 g/mol. The first-order valence-electron chi connectivity index (χ1n) is 11.7. The van der Waals surface area contributed by atoms with Gasteiger partial charge in [-0.1, -0.05) is 53.5 Å². The van der Waals surface area contributed by atoms with E-state index < -0.39 is 0 Å². The molecule has 34 heavy (non-hydrogen) atoms. The van der Waals surface area contributed by atoms with Gasteiger partial charge in [-0.15, -0.1) is 0 Å². The first-order valence-corrected chi connectivity index (χ1v) is 12.5. The molecule has 5 nitrogen and oxygen atoms in total. The number of nitrogens with zero attached hydrogens (tertiary/aromatic N) is 4. The Morgan fingerprint density at radius 3 is 2.56 bits per heavy atom. The van der Waals surface area contributed by atoms with Gasteiger partial charge in [0.2, 0.25) is 5.91 Å². The molecule has 2 aromatic carbocycles. The smallest absolute Gasteiger partial charge is 0.225 e. The number of carbonyl (C=O) groups excluding carboxylic acids is 1. The van der Waals surface area contributed by atoms with E-state index in [4.69, 9.17) is 28.2 Å². The summed E-state index contributed by atoms with van der Waals surface area (Å²) in [5.41, 5.74) is 4.76. The Kier molecular flexibility index (Phi) is 5.54. The van der Waals surface area contributed by atoms with Crippen LogP contribution in [0.5, 0.6) is 0 Å². The number of hydrogen-bond acceptors (Lipinski definition) is 3. The minimum Gasteiger partial charge on any atom is -0.342 e. The van der Waals surface area contributed by atoms with Crippen LogP contribution in [0.1, 0.15) is 19.3 Å². The van der Waals surface area contributed by atoms with Crippen molar-refractivity contribution < 1.29 is 4.79 Å². The molecule has 0 spiro atoms. The largest absolute Gasteiger partial charge is 0.342 e. The molecule has 3 heterocycles. The first-order chi connectivity index (χ1) is 16.6. The Balaban J connectivity index is 1.31. The van der Waals surface area contributed by atoms with Crippen molar-refractivity contribution in [2.75, 3.05) is 13.1 Å². The van der Waals surface area contributed by atoms with E-state index in [0.29, 0.717) is 21.9 Å². The molecule has 6 rings (SSSR count). The number of imidazole rings is 1. The summed E-state index contributed by atoms with van der Waals surface area (Å²) >= 11 is 12.5. The van der Waals surface area contributed by atoms with Crippen molar-refractivity contribution in [1.82, 2.24) is 19.4 Å². The van der Waals surface area contributed by atoms with Crippen molar-refractivity contribution >= 4 is 40.3 Å². The minimum absolute atomic E-state index is 0.278. The van der Waals surface area contributed by atoms with Gasteiger partial charge in [-0.25, -0.2) is 9.97 Å². The number of amides is 1. The highest BCUT2D eigenvalue weighted by atomic mass is 35.5. The van der Waals surface area contributed by atoms with Crippen molar-refractivity contribution in [3.63, 3.8) is 0 Å². The molecule has 0 N–H and O–H groups in total. The van der Waals surface area contributed by atoms with E-state index in [2.05, 4.69) is 44.8 Å². The molecule has 1 amide bonds. The van der Waals surface area contributed by atoms with Crippen molar-refractivity contribution in [3.05, 3.63) is 70.8 Å². The fraction of sp³-hybridized carbons (Fsp3) is 0.296. The molecule has 1 atom stereocenters. The molecule has 4 aromatic rings. The summed E-state index contributed by atoms with van der Waals surface area (Å²) in [4.78, 5) is 24.0. The Labute approximate surface area is 208 Å². The molecule has 7 heteroatoms. The molecule has 1 aliphatic heterocycles. The van der Waals surface area contributed by atoms with Crippen LogP contribution in [0.25, 0.3) is 33.7 Å². The molecule has 2 aliphatic rings. The number of likely N-dealkylation sites (tertiary alicyclic amines) is 1. The second kappa shape index (κ2) is 8.71. The molecule has 0 bridgehead atoms. The van der Waals surface area contributed by atoms with Gasteiger partial charge in [-0.05, 0) is 55.0 Å². The molecule has 1 saturated carbocycles. The second-order valence-electron chi connectivity index (χ2n) is 9.31. The molecule has 2 aromatic heterocycles. The fourth-order valence-electron chi connectivity index (χ4n) is 4.92. The van der Waals surface area contributed by atoms with Crippen LogP contribution in [0.15, 0.2) is 60.8 Å². The predicted molar refractivity (Wildman–Crippen MR) is 136 cm³/mol. The molecule has 172 valence electrons. The molecule has 1 aliphatic carbocycles. The SMILES string of the molecule is O=C(C1CC1)N1CCC(Cn2c(-c3ccc(-c4ccc(Cl)cc4Cl)cc3)nc3ncccc32)C1. The number of pyridine rings is 1. The minimum atomic E-state index is 0.278. The van der Waals surface area contributed by atoms with E-state index in [9.17, 15) is 4.79 Å². The lowest BCUT2D eigenvalue weighted by molar-refractivity contribution is -0.131. The molecule has 1 saturated heterocycles. The van der Waals surface area contributed by atoms with E-state index in [-0.39, 0.29) is 5.92 Å². The van der Waals surface area contributed by atoms with Crippen molar-refractivity contribution in [3.8, 4) is 22.5 Å². The standard InChI is InChI=1S/C27H24Cl2N4O/c28-21-9-10-22(23(29)14-21)18-3-5-19(6-4-18)26-31-25-24(2-1-12-30-25)33(26)16-17-11-13-32(15-17)27(34)20-7-8-20/h1-6,9-10,12,14,17,20H,7-8,11,13,15-16H2. The van der Waals surface area contributed by atoms with Crippen LogP contribution in [0.4, 0.5) is 0 Å². The number of benzene rings is 2. The van der Waals surface area contributed by atoms with Gasteiger partial charge >= 0.3 is 0 Å². The third-order valence-corrected chi connectivity index (χ3v) is 7.42. The van der Waals surface area contributed by atoms with Crippen LogP contribution in [0, 0.1) is 11.8 Å². The number of carbonyl (C=O) groups is 1. The highest BCUT2D eigenvalue weighted by Gasteiger charge is 2.36. The summed E-state index contributed by atoms with van der Waals surface area (Å²) in [6, 6.07) is 17.9. The summed E-state index contributed by atoms with van der Waals surface area (Å²) in [5.74, 6) is 1.93. The summed E-state index contributed by atoms with van der Waals surface area (Å²) in [5, 5.41) is 1.25. The summed E-state index contributed by atoms with van der Waals surface area (Å²) in [6.45, 7) is 2.50. The predicted octanol–water partition coefficient (Wildman–Crippen LogP) is 6.33. The van der Waals surface area contributed by atoms with Gasteiger partial charge in [0, 0.05) is 52.9 Å². The Hall–Kier alpha value is -2.89. The number of aromatic nitrogens is 3. The zero-order valence-electron chi connectivity index (χ0n) is 18.6. The maximum Gasteiger partial charge on any atom is 0.225 e. The first kappa shape index (κ1) is 21.6. The number of rotatable bonds is 5.